The summed E-state index contributed by atoms with van der Waals surface area (Å²) in [6, 6.07) is 3.73. The molecule has 1 fully saturated rings. The van der Waals surface area contributed by atoms with E-state index in [4.69, 9.17) is 4.84 Å². The fourth-order valence-electron chi connectivity index (χ4n) is 1.97. The van der Waals surface area contributed by atoms with Crippen LogP contribution in [-0.4, -0.2) is 17.4 Å². The van der Waals surface area contributed by atoms with Crippen LogP contribution in [0.2, 0.25) is 0 Å². The number of phenolic OH excluding ortho intramolecular Hbond substituents is 1. The molecule has 1 aliphatic rings. The fraction of sp³-hybridized carbons (Fsp3) is 0.462. The van der Waals surface area contributed by atoms with Crippen LogP contribution in [0.3, 0.4) is 0 Å². The second-order valence-corrected chi connectivity index (χ2v) is 4.30. The lowest BCUT2D eigenvalue weighted by atomic mass is 9.98. The highest BCUT2D eigenvalue weighted by Crippen LogP contribution is 2.21. The van der Waals surface area contributed by atoms with Gasteiger partial charge in [0.25, 0.3) is 0 Å². The Morgan fingerprint density at radius 1 is 1.29 bits per heavy atom. The first-order chi connectivity index (χ1) is 8.25. The van der Waals surface area contributed by atoms with E-state index in [1.54, 1.807) is 0 Å². The van der Waals surface area contributed by atoms with Crippen molar-refractivity contribution in [1.82, 2.24) is 0 Å². The van der Waals surface area contributed by atoms with Crippen molar-refractivity contribution in [3.8, 4) is 5.75 Å². The van der Waals surface area contributed by atoms with Crippen LogP contribution >= 0.6 is 0 Å². The minimum absolute atomic E-state index is 0.00222. The van der Waals surface area contributed by atoms with Crippen LogP contribution in [0.5, 0.6) is 5.75 Å². The van der Waals surface area contributed by atoms with Gasteiger partial charge in [-0.1, -0.05) is 11.6 Å². The molecule has 0 spiro atoms. The molecule has 0 unspecified atom stereocenters. The Balaban J connectivity index is 1.92. The van der Waals surface area contributed by atoms with Gasteiger partial charge in [-0.15, -0.1) is 0 Å². The van der Waals surface area contributed by atoms with Gasteiger partial charge in [0.1, 0.15) is 17.7 Å². The van der Waals surface area contributed by atoms with Crippen molar-refractivity contribution in [2.24, 2.45) is 5.16 Å². The minimum atomic E-state index is -0.401. The number of halogens is 1. The molecule has 3 nitrogen and oxygen atoms in total. The van der Waals surface area contributed by atoms with Crippen LogP contribution in [0.1, 0.15) is 37.7 Å². The third kappa shape index (κ3) is 3.44. The van der Waals surface area contributed by atoms with Gasteiger partial charge in [0.15, 0.2) is 0 Å². The zero-order valence-electron chi connectivity index (χ0n) is 9.60. The monoisotopic (exact) mass is 237 g/mol. The smallest absolute Gasteiger partial charge is 0.127 e. The maximum atomic E-state index is 12.9. The van der Waals surface area contributed by atoms with Crippen molar-refractivity contribution in [2.45, 2.75) is 38.2 Å². The SMILES string of the molecule is Oc1ccc(F)cc1/C=N/OC1CCCCC1. The van der Waals surface area contributed by atoms with Crippen molar-refractivity contribution in [3.63, 3.8) is 0 Å². The highest BCUT2D eigenvalue weighted by atomic mass is 19.1. The molecule has 4 heteroatoms. The molecule has 0 aliphatic heterocycles. The lowest BCUT2D eigenvalue weighted by molar-refractivity contribution is 0.0340. The number of rotatable bonds is 3. The molecule has 2 rings (SSSR count). The van der Waals surface area contributed by atoms with E-state index < -0.39 is 5.82 Å². The van der Waals surface area contributed by atoms with E-state index in [0.29, 0.717) is 5.56 Å². The number of hydrogen-bond acceptors (Lipinski definition) is 3. The molecule has 1 aromatic carbocycles. The number of nitrogens with zero attached hydrogens (tertiary/aromatic N) is 1. The molecule has 1 aliphatic carbocycles. The molecule has 0 saturated heterocycles. The van der Waals surface area contributed by atoms with Crippen molar-refractivity contribution < 1.29 is 14.3 Å². The first-order valence-corrected chi connectivity index (χ1v) is 5.93. The molecule has 0 heterocycles. The standard InChI is InChI=1S/C13H16FNO2/c14-11-6-7-13(16)10(8-11)9-15-17-12-4-2-1-3-5-12/h6-9,12,16H,1-5H2/b15-9+. The van der Waals surface area contributed by atoms with Gasteiger partial charge in [-0.05, 0) is 43.9 Å². The van der Waals surface area contributed by atoms with Gasteiger partial charge in [0.05, 0.1) is 6.21 Å². The summed E-state index contributed by atoms with van der Waals surface area (Å²) < 4.78 is 12.9. The number of phenols is 1. The summed E-state index contributed by atoms with van der Waals surface area (Å²) in [5, 5.41) is 13.3. The van der Waals surface area contributed by atoms with E-state index in [9.17, 15) is 9.50 Å². The van der Waals surface area contributed by atoms with Gasteiger partial charge in [-0.2, -0.15) is 0 Å². The first-order valence-electron chi connectivity index (χ1n) is 5.93. The minimum Gasteiger partial charge on any atom is -0.507 e. The third-order valence-corrected chi connectivity index (χ3v) is 2.94. The average Bonchev–Trinajstić information content (AvgIpc) is 2.35. The topological polar surface area (TPSA) is 41.8 Å². The molecular weight excluding hydrogens is 221 g/mol. The zero-order valence-corrected chi connectivity index (χ0v) is 9.60. The van der Waals surface area contributed by atoms with Crippen LogP contribution in [-0.2, 0) is 4.84 Å². The highest BCUT2D eigenvalue weighted by Gasteiger charge is 2.13. The van der Waals surface area contributed by atoms with E-state index in [1.165, 1.54) is 43.7 Å². The Bertz CT molecular complexity index is 400. The Morgan fingerprint density at radius 2 is 2.06 bits per heavy atom. The Morgan fingerprint density at radius 3 is 2.82 bits per heavy atom. The van der Waals surface area contributed by atoms with Gasteiger partial charge in [0.2, 0.25) is 0 Å². The summed E-state index contributed by atoms with van der Waals surface area (Å²) in [6.07, 6.45) is 7.16. The summed E-state index contributed by atoms with van der Waals surface area (Å²) in [6.45, 7) is 0. The molecular formula is C13H16FNO2. The average molecular weight is 237 g/mol. The van der Waals surface area contributed by atoms with E-state index in [0.717, 1.165) is 12.8 Å². The van der Waals surface area contributed by atoms with Crippen LogP contribution in [0.4, 0.5) is 4.39 Å². The number of benzene rings is 1. The molecule has 0 bridgehead atoms. The Kier molecular flexibility index (Phi) is 3.96. The van der Waals surface area contributed by atoms with E-state index in [-0.39, 0.29) is 11.9 Å². The summed E-state index contributed by atoms with van der Waals surface area (Å²) in [5.41, 5.74) is 0.334. The summed E-state index contributed by atoms with van der Waals surface area (Å²) in [7, 11) is 0. The van der Waals surface area contributed by atoms with E-state index in [2.05, 4.69) is 5.16 Å². The lowest BCUT2D eigenvalue weighted by Crippen LogP contribution is -2.13. The molecule has 0 radical (unpaired) electrons. The van der Waals surface area contributed by atoms with Gasteiger partial charge in [-0.25, -0.2) is 4.39 Å². The summed E-state index contributed by atoms with van der Waals surface area (Å²) in [5.74, 6) is -0.399. The van der Waals surface area contributed by atoms with Gasteiger partial charge >= 0.3 is 0 Å². The molecule has 0 atom stereocenters. The number of hydrogen-bond donors (Lipinski definition) is 1. The van der Waals surface area contributed by atoms with Crippen LogP contribution in [0.15, 0.2) is 23.4 Å². The summed E-state index contributed by atoms with van der Waals surface area (Å²) in [4.78, 5) is 5.32. The highest BCUT2D eigenvalue weighted by molar-refractivity contribution is 5.82. The van der Waals surface area contributed by atoms with Crippen molar-refractivity contribution in [1.29, 1.82) is 0 Å². The van der Waals surface area contributed by atoms with E-state index >= 15 is 0 Å². The fourth-order valence-corrected chi connectivity index (χ4v) is 1.97. The van der Waals surface area contributed by atoms with Crippen molar-refractivity contribution in [3.05, 3.63) is 29.6 Å². The zero-order chi connectivity index (χ0) is 12.1. The van der Waals surface area contributed by atoms with Crippen LogP contribution in [0.25, 0.3) is 0 Å². The van der Waals surface area contributed by atoms with Crippen molar-refractivity contribution >= 4 is 6.21 Å². The van der Waals surface area contributed by atoms with E-state index in [1.807, 2.05) is 0 Å². The summed E-state index contributed by atoms with van der Waals surface area (Å²) >= 11 is 0. The normalized spacial score (nSPS) is 17.5. The predicted molar refractivity (Wildman–Crippen MR) is 63.6 cm³/mol. The van der Waals surface area contributed by atoms with Crippen LogP contribution in [0, 0.1) is 5.82 Å². The second kappa shape index (κ2) is 5.66. The lowest BCUT2D eigenvalue weighted by Gasteiger charge is -2.18. The number of oxime groups is 1. The molecule has 1 saturated carbocycles. The van der Waals surface area contributed by atoms with Gasteiger partial charge in [0, 0.05) is 5.56 Å². The molecule has 0 amide bonds. The molecule has 92 valence electrons. The molecule has 1 aromatic rings. The number of aromatic hydroxyl groups is 1. The van der Waals surface area contributed by atoms with Gasteiger partial charge < -0.3 is 9.94 Å². The second-order valence-electron chi connectivity index (χ2n) is 4.30. The molecule has 0 aromatic heterocycles. The largest absolute Gasteiger partial charge is 0.507 e. The quantitative estimate of drug-likeness (QED) is 0.647. The predicted octanol–water partition coefficient (Wildman–Crippen LogP) is 3.21. The Hall–Kier alpha value is -1.58. The van der Waals surface area contributed by atoms with Crippen LogP contribution < -0.4 is 0 Å². The third-order valence-electron chi connectivity index (χ3n) is 2.94. The van der Waals surface area contributed by atoms with Gasteiger partial charge in [-0.3, -0.25) is 0 Å². The maximum absolute atomic E-state index is 12.9. The maximum Gasteiger partial charge on any atom is 0.127 e. The Labute approximate surface area is 99.9 Å². The molecule has 1 N–H and O–H groups in total. The first kappa shape index (κ1) is 11.9. The molecule has 17 heavy (non-hydrogen) atoms. The van der Waals surface area contributed by atoms with Crippen molar-refractivity contribution in [2.75, 3.05) is 0 Å².